The Bertz CT molecular complexity index is 550. The van der Waals surface area contributed by atoms with E-state index in [1.54, 1.807) is 6.07 Å². The van der Waals surface area contributed by atoms with Crippen molar-refractivity contribution in [2.24, 2.45) is 0 Å². The van der Waals surface area contributed by atoms with Gasteiger partial charge in [-0.3, -0.25) is 4.79 Å². The van der Waals surface area contributed by atoms with Gasteiger partial charge < -0.3 is 10.1 Å². The summed E-state index contributed by atoms with van der Waals surface area (Å²) in [5, 5.41) is 10.7. The van der Waals surface area contributed by atoms with Crippen molar-refractivity contribution < 1.29 is 18.7 Å². The van der Waals surface area contributed by atoms with E-state index in [9.17, 15) is 14.0 Å². The quantitative estimate of drug-likeness (QED) is 0.484. The fourth-order valence-electron chi connectivity index (χ4n) is 1.27. The summed E-state index contributed by atoms with van der Waals surface area (Å²) in [4.78, 5) is 22.5. The maximum atomic E-state index is 12.9. The van der Waals surface area contributed by atoms with Crippen molar-refractivity contribution >= 4 is 18.0 Å². The minimum atomic E-state index is -0.704. The van der Waals surface area contributed by atoms with E-state index in [-0.39, 0.29) is 13.0 Å². The van der Waals surface area contributed by atoms with Gasteiger partial charge in [-0.2, -0.15) is 5.26 Å². The number of ether oxygens (including phenoxy) is 1. The van der Waals surface area contributed by atoms with Crippen LogP contribution in [0.25, 0.3) is 6.08 Å². The van der Waals surface area contributed by atoms with Crippen LogP contribution >= 0.6 is 0 Å². The Morgan fingerprint density at radius 2 is 2.25 bits per heavy atom. The summed E-state index contributed by atoms with van der Waals surface area (Å²) in [5.74, 6) is -1.59. The van der Waals surface area contributed by atoms with Gasteiger partial charge in [0.25, 0.3) is 5.91 Å². The van der Waals surface area contributed by atoms with Crippen molar-refractivity contribution in [2.75, 3.05) is 13.2 Å². The molecule has 1 rings (SSSR count). The van der Waals surface area contributed by atoms with Gasteiger partial charge in [0.05, 0.1) is 12.5 Å². The van der Waals surface area contributed by atoms with Gasteiger partial charge in [0.2, 0.25) is 0 Å². The molecule has 0 heterocycles. The van der Waals surface area contributed by atoms with Gasteiger partial charge in [0.15, 0.2) is 6.61 Å². The molecule has 1 N–H and O–H groups in total. The predicted octanol–water partition coefficient (Wildman–Crippen LogP) is 1.41. The molecule has 0 unspecified atom stereocenters. The highest BCUT2D eigenvalue weighted by atomic mass is 19.1. The lowest BCUT2D eigenvalue weighted by Gasteiger charge is -2.02. The SMILES string of the molecule is N#CCCNC(=O)COC(=O)/C=C/c1cccc(F)c1. The molecule has 104 valence electrons. The number of amides is 1. The van der Waals surface area contributed by atoms with Gasteiger partial charge in [-0.05, 0) is 23.8 Å². The van der Waals surface area contributed by atoms with Crippen molar-refractivity contribution in [1.82, 2.24) is 5.32 Å². The minimum Gasteiger partial charge on any atom is -0.452 e. The molecular formula is C14H13FN2O3. The van der Waals surface area contributed by atoms with Crippen LogP contribution in [-0.4, -0.2) is 25.0 Å². The van der Waals surface area contributed by atoms with Gasteiger partial charge >= 0.3 is 5.97 Å². The average molecular weight is 276 g/mol. The fourth-order valence-corrected chi connectivity index (χ4v) is 1.27. The molecule has 0 spiro atoms. The van der Waals surface area contributed by atoms with Crippen molar-refractivity contribution in [3.05, 3.63) is 41.7 Å². The first-order valence-corrected chi connectivity index (χ1v) is 5.86. The van der Waals surface area contributed by atoms with E-state index < -0.39 is 24.3 Å². The first kappa shape index (κ1) is 15.4. The third-order valence-electron chi connectivity index (χ3n) is 2.17. The molecule has 0 atom stereocenters. The Labute approximate surface area is 115 Å². The molecule has 0 saturated heterocycles. The van der Waals surface area contributed by atoms with Gasteiger partial charge in [-0.1, -0.05) is 12.1 Å². The number of esters is 1. The highest BCUT2D eigenvalue weighted by Crippen LogP contribution is 2.05. The van der Waals surface area contributed by atoms with Crippen molar-refractivity contribution in [1.29, 1.82) is 5.26 Å². The fraction of sp³-hybridized carbons (Fsp3) is 0.214. The van der Waals surface area contributed by atoms with Crippen molar-refractivity contribution in [3.8, 4) is 6.07 Å². The molecule has 0 bridgehead atoms. The van der Waals surface area contributed by atoms with E-state index in [0.29, 0.717) is 5.56 Å². The normalized spacial score (nSPS) is 10.0. The van der Waals surface area contributed by atoms with Crippen LogP contribution in [0.15, 0.2) is 30.3 Å². The van der Waals surface area contributed by atoms with Crippen LogP contribution < -0.4 is 5.32 Å². The lowest BCUT2D eigenvalue weighted by Crippen LogP contribution is -2.29. The monoisotopic (exact) mass is 276 g/mol. The Hall–Kier alpha value is -2.68. The molecule has 0 aromatic heterocycles. The van der Waals surface area contributed by atoms with E-state index in [2.05, 4.69) is 10.1 Å². The van der Waals surface area contributed by atoms with Gasteiger partial charge in [0.1, 0.15) is 5.82 Å². The second-order valence-corrected chi connectivity index (χ2v) is 3.75. The lowest BCUT2D eigenvalue weighted by atomic mass is 10.2. The number of nitriles is 1. The number of benzene rings is 1. The molecular weight excluding hydrogens is 263 g/mol. The van der Waals surface area contributed by atoms with Gasteiger partial charge in [-0.25, -0.2) is 9.18 Å². The van der Waals surface area contributed by atoms with Crippen molar-refractivity contribution in [3.63, 3.8) is 0 Å². The first-order valence-electron chi connectivity index (χ1n) is 5.86. The third-order valence-corrected chi connectivity index (χ3v) is 2.17. The number of hydrogen-bond acceptors (Lipinski definition) is 4. The van der Waals surface area contributed by atoms with E-state index in [0.717, 1.165) is 6.08 Å². The van der Waals surface area contributed by atoms with Crippen LogP contribution in [0.3, 0.4) is 0 Å². The molecule has 1 aromatic carbocycles. The van der Waals surface area contributed by atoms with Gasteiger partial charge in [-0.15, -0.1) is 0 Å². The molecule has 20 heavy (non-hydrogen) atoms. The Morgan fingerprint density at radius 3 is 2.95 bits per heavy atom. The number of nitrogens with zero attached hydrogens (tertiary/aromatic N) is 1. The highest BCUT2D eigenvalue weighted by molar-refractivity contribution is 5.89. The summed E-state index contributed by atoms with van der Waals surface area (Å²) in [6, 6.07) is 7.57. The van der Waals surface area contributed by atoms with Crippen LogP contribution in [0, 0.1) is 17.1 Å². The summed E-state index contributed by atoms with van der Waals surface area (Å²) >= 11 is 0. The summed E-state index contributed by atoms with van der Waals surface area (Å²) in [6.45, 7) is -0.205. The molecule has 6 heteroatoms. The van der Waals surface area contributed by atoms with Crippen molar-refractivity contribution in [2.45, 2.75) is 6.42 Å². The molecule has 0 aliphatic heterocycles. The smallest absolute Gasteiger partial charge is 0.331 e. The maximum absolute atomic E-state index is 12.9. The zero-order chi connectivity index (χ0) is 14.8. The molecule has 1 amide bonds. The largest absolute Gasteiger partial charge is 0.452 e. The zero-order valence-corrected chi connectivity index (χ0v) is 10.6. The Morgan fingerprint density at radius 1 is 1.45 bits per heavy atom. The zero-order valence-electron chi connectivity index (χ0n) is 10.6. The number of carbonyl (C=O) groups excluding carboxylic acids is 2. The molecule has 5 nitrogen and oxygen atoms in total. The van der Waals surface area contributed by atoms with E-state index in [1.165, 1.54) is 24.3 Å². The third kappa shape index (κ3) is 6.31. The summed E-state index contributed by atoms with van der Waals surface area (Å²) < 4.78 is 17.5. The summed E-state index contributed by atoms with van der Waals surface area (Å²) in [7, 11) is 0. The Balaban J connectivity index is 2.33. The van der Waals surface area contributed by atoms with Crippen LogP contribution in [0.5, 0.6) is 0 Å². The van der Waals surface area contributed by atoms with E-state index in [4.69, 9.17) is 5.26 Å². The second kappa shape index (κ2) is 8.43. The Kier molecular flexibility index (Phi) is 6.48. The molecule has 0 aliphatic rings. The average Bonchev–Trinajstić information content (AvgIpc) is 2.43. The lowest BCUT2D eigenvalue weighted by molar-refractivity contribution is -0.143. The number of rotatable bonds is 6. The van der Waals surface area contributed by atoms with E-state index >= 15 is 0 Å². The summed E-state index contributed by atoms with van der Waals surface area (Å²) in [5.41, 5.74) is 0.514. The number of nitrogens with one attached hydrogen (secondary N) is 1. The second-order valence-electron chi connectivity index (χ2n) is 3.75. The first-order chi connectivity index (χ1) is 9.61. The van der Waals surface area contributed by atoms with E-state index in [1.807, 2.05) is 6.07 Å². The maximum Gasteiger partial charge on any atom is 0.331 e. The molecule has 1 aromatic rings. The minimum absolute atomic E-state index is 0.194. The predicted molar refractivity (Wildman–Crippen MR) is 69.6 cm³/mol. The number of halogens is 1. The highest BCUT2D eigenvalue weighted by Gasteiger charge is 2.04. The standard InChI is InChI=1S/C14H13FN2O3/c15-12-4-1-3-11(9-12)5-6-14(19)20-10-13(18)17-8-2-7-16/h1,3-6,9H,2,8,10H2,(H,17,18)/b6-5+. The summed E-state index contributed by atoms with van der Waals surface area (Å²) in [6.07, 6.45) is 2.69. The molecule has 0 saturated carbocycles. The van der Waals surface area contributed by atoms with Crippen LogP contribution in [0.1, 0.15) is 12.0 Å². The van der Waals surface area contributed by atoms with Crippen LogP contribution in [-0.2, 0) is 14.3 Å². The molecule has 0 fully saturated rings. The van der Waals surface area contributed by atoms with Crippen LogP contribution in [0.4, 0.5) is 4.39 Å². The van der Waals surface area contributed by atoms with Gasteiger partial charge in [0, 0.05) is 12.6 Å². The number of hydrogen-bond donors (Lipinski definition) is 1. The molecule has 0 radical (unpaired) electrons. The molecule has 0 aliphatic carbocycles. The number of carbonyl (C=O) groups is 2. The van der Waals surface area contributed by atoms with Crippen LogP contribution in [0.2, 0.25) is 0 Å². The topological polar surface area (TPSA) is 79.2 Å².